The van der Waals surface area contributed by atoms with E-state index in [1.54, 1.807) is 11.0 Å². The van der Waals surface area contributed by atoms with Gasteiger partial charge in [0.15, 0.2) is 11.5 Å². The van der Waals surface area contributed by atoms with Crippen LogP contribution in [0.25, 0.3) is 0 Å². The van der Waals surface area contributed by atoms with Gasteiger partial charge in [-0.15, -0.1) is 0 Å². The van der Waals surface area contributed by atoms with E-state index in [2.05, 4.69) is 4.74 Å². The van der Waals surface area contributed by atoms with Crippen molar-refractivity contribution in [1.29, 1.82) is 0 Å². The minimum atomic E-state index is -4.43. The molecule has 1 aromatic carbocycles. The largest absolute Gasteiger partial charge is 0.486 e. The van der Waals surface area contributed by atoms with Gasteiger partial charge in [0.25, 0.3) is 0 Å². The van der Waals surface area contributed by atoms with E-state index in [1.807, 2.05) is 12.1 Å². The molecule has 1 atom stereocenters. The Kier molecular flexibility index (Phi) is 4.84. The van der Waals surface area contributed by atoms with Gasteiger partial charge in [-0.25, -0.2) is 0 Å². The van der Waals surface area contributed by atoms with Crippen LogP contribution in [0.1, 0.15) is 24.4 Å². The number of amides is 1. The van der Waals surface area contributed by atoms with E-state index in [4.69, 9.17) is 9.47 Å². The van der Waals surface area contributed by atoms with Gasteiger partial charge < -0.3 is 19.1 Å². The van der Waals surface area contributed by atoms with E-state index >= 15 is 0 Å². The third-order valence-corrected chi connectivity index (χ3v) is 4.02. The van der Waals surface area contributed by atoms with Crippen molar-refractivity contribution in [3.63, 3.8) is 0 Å². The number of fused-ring (bicyclic) bond motifs is 1. The highest BCUT2D eigenvalue weighted by molar-refractivity contribution is 5.78. The smallest absolute Gasteiger partial charge is 0.411 e. The molecule has 132 valence electrons. The van der Waals surface area contributed by atoms with E-state index in [9.17, 15) is 18.0 Å². The van der Waals surface area contributed by atoms with Crippen LogP contribution in [0.3, 0.4) is 0 Å². The van der Waals surface area contributed by atoms with Crippen LogP contribution in [0, 0.1) is 0 Å². The van der Waals surface area contributed by atoms with Crippen LogP contribution in [-0.4, -0.2) is 50.0 Å². The molecule has 0 unspecified atom stereocenters. The fourth-order valence-corrected chi connectivity index (χ4v) is 3.02. The molecule has 0 bridgehead atoms. The molecule has 8 heteroatoms. The molecule has 2 aliphatic heterocycles. The Morgan fingerprint density at radius 3 is 2.75 bits per heavy atom. The molecule has 0 aromatic heterocycles. The lowest BCUT2D eigenvalue weighted by molar-refractivity contribution is -0.178. The number of halogens is 3. The number of benzene rings is 1. The van der Waals surface area contributed by atoms with Crippen molar-refractivity contribution in [2.24, 2.45) is 0 Å². The number of likely N-dealkylation sites (tertiary alicyclic amines) is 1. The van der Waals surface area contributed by atoms with E-state index in [1.165, 1.54) is 0 Å². The molecule has 0 saturated carbocycles. The Bertz CT molecular complexity index is 605. The van der Waals surface area contributed by atoms with Gasteiger partial charge in [0, 0.05) is 6.54 Å². The normalized spacial score (nSPS) is 20.3. The summed E-state index contributed by atoms with van der Waals surface area (Å²) >= 11 is 0. The Morgan fingerprint density at radius 1 is 1.25 bits per heavy atom. The summed E-state index contributed by atoms with van der Waals surface area (Å²) in [5.74, 6) is 0.859. The van der Waals surface area contributed by atoms with Gasteiger partial charge >= 0.3 is 6.18 Å². The summed E-state index contributed by atoms with van der Waals surface area (Å²) in [6.45, 7) is -0.513. The highest BCUT2D eigenvalue weighted by atomic mass is 19.4. The summed E-state index contributed by atoms with van der Waals surface area (Å²) in [7, 11) is 0. The number of carbonyl (C=O) groups excluding carboxylic acids is 1. The van der Waals surface area contributed by atoms with Crippen molar-refractivity contribution in [1.82, 2.24) is 4.90 Å². The first kappa shape index (κ1) is 16.9. The molecule has 0 radical (unpaired) electrons. The summed E-state index contributed by atoms with van der Waals surface area (Å²) in [6.07, 6.45) is -2.88. The average Bonchev–Trinajstić information content (AvgIpc) is 3.03. The van der Waals surface area contributed by atoms with E-state index in [-0.39, 0.29) is 6.04 Å². The highest BCUT2D eigenvalue weighted by Crippen LogP contribution is 2.38. The number of alkyl halides is 3. The second-order valence-corrected chi connectivity index (χ2v) is 5.76. The fourth-order valence-electron chi connectivity index (χ4n) is 3.02. The molecule has 1 saturated heterocycles. The van der Waals surface area contributed by atoms with Crippen molar-refractivity contribution >= 4 is 5.91 Å². The number of rotatable bonds is 4. The highest BCUT2D eigenvalue weighted by Gasteiger charge is 2.32. The number of hydrogen-bond donors (Lipinski definition) is 0. The first-order valence-corrected chi connectivity index (χ1v) is 7.77. The number of hydrogen-bond acceptors (Lipinski definition) is 4. The van der Waals surface area contributed by atoms with Gasteiger partial charge in [-0.05, 0) is 30.5 Å². The maximum atomic E-state index is 12.2. The van der Waals surface area contributed by atoms with Gasteiger partial charge in [-0.1, -0.05) is 6.07 Å². The molecule has 0 N–H and O–H groups in total. The van der Waals surface area contributed by atoms with Gasteiger partial charge in [-0.2, -0.15) is 13.2 Å². The van der Waals surface area contributed by atoms with Crippen LogP contribution in [0.2, 0.25) is 0 Å². The SMILES string of the molecule is O=C(COCC(F)(F)F)N1CCC[C@@H]1c1ccc2c(c1)OCCO2. The predicted molar refractivity (Wildman–Crippen MR) is 78.0 cm³/mol. The topological polar surface area (TPSA) is 48.0 Å². The molecule has 2 heterocycles. The Hall–Kier alpha value is -1.96. The van der Waals surface area contributed by atoms with Gasteiger partial charge in [0.2, 0.25) is 5.91 Å². The molecular weight excluding hydrogens is 327 g/mol. The molecule has 0 aliphatic carbocycles. The monoisotopic (exact) mass is 345 g/mol. The maximum Gasteiger partial charge on any atom is 0.411 e. The minimum absolute atomic E-state index is 0.178. The van der Waals surface area contributed by atoms with E-state index in [0.717, 1.165) is 18.4 Å². The summed E-state index contributed by atoms with van der Waals surface area (Å²) in [4.78, 5) is 13.8. The Labute approximate surface area is 137 Å². The first-order chi connectivity index (χ1) is 11.4. The lowest BCUT2D eigenvalue weighted by Crippen LogP contribution is -2.34. The average molecular weight is 345 g/mol. The van der Waals surface area contributed by atoms with Crippen LogP contribution in [0.4, 0.5) is 13.2 Å². The van der Waals surface area contributed by atoms with Crippen molar-refractivity contribution in [2.45, 2.75) is 25.1 Å². The van der Waals surface area contributed by atoms with Gasteiger partial charge in [0.05, 0.1) is 6.04 Å². The minimum Gasteiger partial charge on any atom is -0.486 e. The molecule has 0 spiro atoms. The van der Waals surface area contributed by atoms with Crippen molar-refractivity contribution in [2.75, 3.05) is 33.0 Å². The second-order valence-electron chi connectivity index (χ2n) is 5.76. The summed E-state index contributed by atoms with van der Waals surface area (Å²) in [5, 5.41) is 0. The van der Waals surface area contributed by atoms with Crippen LogP contribution in [-0.2, 0) is 9.53 Å². The van der Waals surface area contributed by atoms with Gasteiger partial charge in [0.1, 0.15) is 26.4 Å². The Morgan fingerprint density at radius 2 is 2.00 bits per heavy atom. The number of nitrogens with zero attached hydrogens (tertiary/aromatic N) is 1. The van der Waals surface area contributed by atoms with Crippen LogP contribution >= 0.6 is 0 Å². The zero-order valence-corrected chi connectivity index (χ0v) is 13.0. The molecule has 1 fully saturated rings. The second kappa shape index (κ2) is 6.88. The molecule has 2 aliphatic rings. The molecular formula is C16H18F3NO4. The first-order valence-electron chi connectivity index (χ1n) is 7.77. The van der Waals surface area contributed by atoms with E-state index in [0.29, 0.717) is 31.3 Å². The predicted octanol–water partition coefficient (Wildman–Crippen LogP) is 2.70. The zero-order valence-electron chi connectivity index (χ0n) is 13.0. The zero-order chi connectivity index (χ0) is 17.2. The van der Waals surface area contributed by atoms with E-state index < -0.39 is 25.3 Å². The van der Waals surface area contributed by atoms with Crippen molar-refractivity contribution in [3.8, 4) is 11.5 Å². The van der Waals surface area contributed by atoms with Gasteiger partial charge in [-0.3, -0.25) is 4.79 Å². The van der Waals surface area contributed by atoms with Crippen molar-refractivity contribution < 1.29 is 32.2 Å². The summed E-state index contributed by atoms with van der Waals surface area (Å²) < 4.78 is 51.8. The molecule has 24 heavy (non-hydrogen) atoms. The number of carbonyl (C=O) groups is 1. The summed E-state index contributed by atoms with van der Waals surface area (Å²) in [5.41, 5.74) is 0.890. The molecule has 3 rings (SSSR count). The molecule has 1 amide bonds. The van der Waals surface area contributed by atoms with Crippen molar-refractivity contribution in [3.05, 3.63) is 23.8 Å². The molecule has 1 aromatic rings. The Balaban J connectivity index is 1.65. The molecule has 5 nitrogen and oxygen atoms in total. The summed E-state index contributed by atoms with van der Waals surface area (Å²) in [6, 6.07) is 5.31. The van der Waals surface area contributed by atoms with Crippen LogP contribution in [0.5, 0.6) is 11.5 Å². The third-order valence-electron chi connectivity index (χ3n) is 4.02. The van der Waals surface area contributed by atoms with Crippen LogP contribution in [0.15, 0.2) is 18.2 Å². The quantitative estimate of drug-likeness (QED) is 0.842. The lowest BCUT2D eigenvalue weighted by Gasteiger charge is -2.26. The number of ether oxygens (including phenoxy) is 3. The lowest BCUT2D eigenvalue weighted by atomic mass is 10.0. The third kappa shape index (κ3) is 3.92. The fraction of sp³-hybridized carbons (Fsp3) is 0.562. The standard InChI is InChI=1S/C16H18F3NO4/c17-16(18,19)10-22-9-15(21)20-5-1-2-12(20)11-3-4-13-14(8-11)24-7-6-23-13/h3-4,8,12H,1-2,5-7,9-10H2/t12-/m1/s1. The van der Waals surface area contributed by atoms with Crippen LogP contribution < -0.4 is 9.47 Å². The maximum absolute atomic E-state index is 12.2.